The van der Waals surface area contributed by atoms with Crippen LogP contribution < -0.4 is 19.7 Å². The standard InChI is InChI=1S/C25H33N3O3S/c1-20-5-4-6-21(17-20)28-13-11-27(12-14-28)10-3-2-9-26-25(29)19-32-22-7-8-23-24(18-22)31-16-15-30-23/h4-8,17-18H,2-3,9-16,19H2,1H3,(H,26,29). The number of aryl methyl sites for hydroxylation is 1. The van der Waals surface area contributed by atoms with Crippen LogP contribution in [-0.4, -0.2) is 69.0 Å². The van der Waals surface area contributed by atoms with Crippen molar-refractivity contribution in [2.24, 2.45) is 0 Å². The number of anilines is 1. The number of hydrogen-bond donors (Lipinski definition) is 1. The van der Waals surface area contributed by atoms with E-state index < -0.39 is 0 Å². The average Bonchev–Trinajstić information content (AvgIpc) is 2.83. The van der Waals surface area contributed by atoms with Gasteiger partial charge in [-0.05, 0) is 62.2 Å². The van der Waals surface area contributed by atoms with Crippen molar-refractivity contribution in [2.75, 3.05) is 63.1 Å². The molecule has 2 heterocycles. The van der Waals surface area contributed by atoms with Crippen LogP contribution in [0.15, 0.2) is 47.4 Å². The van der Waals surface area contributed by atoms with Gasteiger partial charge in [-0.2, -0.15) is 0 Å². The summed E-state index contributed by atoms with van der Waals surface area (Å²) in [6, 6.07) is 14.6. The molecular weight excluding hydrogens is 422 g/mol. The number of unbranched alkanes of at least 4 members (excludes halogenated alkanes) is 1. The predicted molar refractivity (Wildman–Crippen MR) is 130 cm³/mol. The summed E-state index contributed by atoms with van der Waals surface area (Å²) in [5, 5.41) is 3.04. The molecule has 0 spiro atoms. The first-order valence-corrected chi connectivity index (χ1v) is 12.5. The molecule has 2 aromatic carbocycles. The number of rotatable bonds is 9. The van der Waals surface area contributed by atoms with Crippen LogP contribution in [0.2, 0.25) is 0 Å². The Morgan fingerprint density at radius 3 is 2.62 bits per heavy atom. The molecule has 7 heteroatoms. The van der Waals surface area contributed by atoms with E-state index in [1.807, 2.05) is 18.2 Å². The Balaban J connectivity index is 1.06. The third kappa shape index (κ3) is 6.56. The Kier molecular flexibility index (Phi) is 8.18. The molecule has 172 valence electrons. The number of benzene rings is 2. The first-order valence-electron chi connectivity index (χ1n) is 11.5. The van der Waals surface area contributed by atoms with Crippen molar-refractivity contribution < 1.29 is 14.3 Å². The second kappa shape index (κ2) is 11.5. The molecule has 1 N–H and O–H groups in total. The zero-order valence-electron chi connectivity index (χ0n) is 18.8. The molecule has 1 amide bonds. The highest BCUT2D eigenvalue weighted by atomic mass is 32.2. The van der Waals surface area contributed by atoms with Crippen LogP contribution in [0.4, 0.5) is 5.69 Å². The van der Waals surface area contributed by atoms with Gasteiger partial charge in [0.05, 0.1) is 5.75 Å². The summed E-state index contributed by atoms with van der Waals surface area (Å²) >= 11 is 1.53. The van der Waals surface area contributed by atoms with Crippen molar-refractivity contribution >= 4 is 23.4 Å². The van der Waals surface area contributed by atoms with Gasteiger partial charge in [-0.15, -0.1) is 11.8 Å². The van der Waals surface area contributed by atoms with Crippen LogP contribution in [0.3, 0.4) is 0 Å². The first-order chi connectivity index (χ1) is 15.7. The summed E-state index contributed by atoms with van der Waals surface area (Å²) in [4.78, 5) is 18.2. The Morgan fingerprint density at radius 1 is 1.00 bits per heavy atom. The molecule has 4 rings (SSSR count). The summed E-state index contributed by atoms with van der Waals surface area (Å²) in [6.45, 7) is 9.52. The number of fused-ring (bicyclic) bond motifs is 1. The van der Waals surface area contributed by atoms with Crippen molar-refractivity contribution in [1.82, 2.24) is 10.2 Å². The van der Waals surface area contributed by atoms with E-state index in [1.54, 1.807) is 0 Å². The van der Waals surface area contributed by atoms with Gasteiger partial charge in [0.15, 0.2) is 11.5 Å². The molecule has 1 saturated heterocycles. The lowest BCUT2D eigenvalue weighted by molar-refractivity contribution is -0.118. The highest BCUT2D eigenvalue weighted by Gasteiger charge is 2.17. The SMILES string of the molecule is Cc1cccc(N2CCN(CCCCNC(=O)CSc3ccc4c(c3)OCCO4)CC2)c1. The number of carbonyl (C=O) groups is 1. The molecule has 2 aromatic rings. The third-order valence-corrected chi connectivity index (χ3v) is 6.84. The van der Waals surface area contributed by atoms with Crippen molar-refractivity contribution in [3.05, 3.63) is 48.0 Å². The van der Waals surface area contributed by atoms with E-state index in [4.69, 9.17) is 9.47 Å². The summed E-state index contributed by atoms with van der Waals surface area (Å²) in [5.74, 6) is 2.04. The van der Waals surface area contributed by atoms with E-state index in [0.717, 1.165) is 68.5 Å². The molecule has 6 nitrogen and oxygen atoms in total. The molecule has 2 aliphatic heterocycles. The monoisotopic (exact) mass is 455 g/mol. The van der Waals surface area contributed by atoms with E-state index >= 15 is 0 Å². The number of piperazine rings is 1. The van der Waals surface area contributed by atoms with Crippen LogP contribution in [0.1, 0.15) is 18.4 Å². The fourth-order valence-corrected chi connectivity index (χ4v) is 4.81. The molecule has 0 saturated carbocycles. The predicted octanol–water partition coefficient (Wildman–Crippen LogP) is 3.58. The van der Waals surface area contributed by atoms with Crippen LogP contribution >= 0.6 is 11.8 Å². The van der Waals surface area contributed by atoms with Crippen molar-refractivity contribution in [3.63, 3.8) is 0 Å². The molecule has 0 radical (unpaired) electrons. The Labute approximate surface area is 195 Å². The minimum atomic E-state index is 0.0802. The highest BCUT2D eigenvalue weighted by molar-refractivity contribution is 8.00. The maximum absolute atomic E-state index is 12.2. The van der Waals surface area contributed by atoms with Crippen molar-refractivity contribution in [3.8, 4) is 11.5 Å². The lowest BCUT2D eigenvalue weighted by Crippen LogP contribution is -2.46. The average molecular weight is 456 g/mol. The quantitative estimate of drug-likeness (QED) is 0.461. The number of carbonyl (C=O) groups excluding carboxylic acids is 1. The Morgan fingerprint density at radius 2 is 1.81 bits per heavy atom. The fraction of sp³-hybridized carbons (Fsp3) is 0.480. The van der Waals surface area contributed by atoms with Gasteiger partial charge in [-0.25, -0.2) is 0 Å². The fourth-order valence-electron chi connectivity index (χ4n) is 4.06. The van der Waals surface area contributed by atoms with E-state index in [2.05, 4.69) is 46.3 Å². The zero-order chi connectivity index (χ0) is 22.2. The molecule has 0 aliphatic carbocycles. The molecule has 32 heavy (non-hydrogen) atoms. The van der Waals surface area contributed by atoms with E-state index in [0.29, 0.717) is 19.0 Å². The van der Waals surface area contributed by atoms with Gasteiger partial charge in [0, 0.05) is 43.3 Å². The molecule has 2 aliphatic rings. The van der Waals surface area contributed by atoms with E-state index in [9.17, 15) is 4.79 Å². The lowest BCUT2D eigenvalue weighted by atomic mass is 10.2. The lowest BCUT2D eigenvalue weighted by Gasteiger charge is -2.36. The normalized spacial score (nSPS) is 16.1. The van der Waals surface area contributed by atoms with Gasteiger partial charge in [0.2, 0.25) is 5.91 Å². The summed E-state index contributed by atoms with van der Waals surface area (Å²) in [5.41, 5.74) is 2.65. The van der Waals surface area contributed by atoms with E-state index in [-0.39, 0.29) is 5.91 Å². The number of ether oxygens (including phenoxy) is 2. The number of nitrogens with zero attached hydrogens (tertiary/aromatic N) is 2. The number of nitrogens with one attached hydrogen (secondary N) is 1. The maximum atomic E-state index is 12.2. The molecule has 0 aromatic heterocycles. The summed E-state index contributed by atoms with van der Waals surface area (Å²) in [6.07, 6.45) is 2.12. The third-order valence-electron chi connectivity index (χ3n) is 5.85. The Hall–Kier alpha value is -2.38. The number of thioether (sulfide) groups is 1. The minimum Gasteiger partial charge on any atom is -0.486 e. The number of hydrogen-bond acceptors (Lipinski definition) is 6. The molecular formula is C25H33N3O3S. The second-order valence-corrected chi connectivity index (χ2v) is 9.37. The number of amides is 1. The summed E-state index contributed by atoms with van der Waals surface area (Å²) < 4.78 is 11.1. The smallest absolute Gasteiger partial charge is 0.230 e. The van der Waals surface area contributed by atoms with Gasteiger partial charge >= 0.3 is 0 Å². The molecule has 1 fully saturated rings. The van der Waals surface area contributed by atoms with Crippen LogP contribution in [0.5, 0.6) is 11.5 Å². The van der Waals surface area contributed by atoms with Gasteiger partial charge in [-0.1, -0.05) is 12.1 Å². The van der Waals surface area contributed by atoms with Gasteiger partial charge in [0.25, 0.3) is 0 Å². The molecule has 0 atom stereocenters. The van der Waals surface area contributed by atoms with Gasteiger partial charge in [-0.3, -0.25) is 9.69 Å². The zero-order valence-corrected chi connectivity index (χ0v) is 19.7. The van der Waals surface area contributed by atoms with Gasteiger partial charge < -0.3 is 19.7 Å². The summed E-state index contributed by atoms with van der Waals surface area (Å²) in [7, 11) is 0. The molecule has 0 unspecified atom stereocenters. The maximum Gasteiger partial charge on any atom is 0.230 e. The largest absolute Gasteiger partial charge is 0.486 e. The van der Waals surface area contributed by atoms with Crippen molar-refractivity contribution in [2.45, 2.75) is 24.7 Å². The van der Waals surface area contributed by atoms with Crippen molar-refractivity contribution in [1.29, 1.82) is 0 Å². The van der Waals surface area contributed by atoms with Crippen LogP contribution in [0.25, 0.3) is 0 Å². The molecule has 0 bridgehead atoms. The minimum absolute atomic E-state index is 0.0802. The van der Waals surface area contributed by atoms with Crippen LogP contribution in [0, 0.1) is 6.92 Å². The highest BCUT2D eigenvalue weighted by Crippen LogP contribution is 2.34. The van der Waals surface area contributed by atoms with Crippen LogP contribution in [-0.2, 0) is 4.79 Å². The van der Waals surface area contributed by atoms with E-state index in [1.165, 1.54) is 23.0 Å². The topological polar surface area (TPSA) is 54.0 Å². The first kappa shape index (κ1) is 22.8. The second-order valence-electron chi connectivity index (χ2n) is 8.32. The van der Waals surface area contributed by atoms with Gasteiger partial charge in [0.1, 0.15) is 13.2 Å². The Bertz CT molecular complexity index is 900.